The van der Waals surface area contributed by atoms with E-state index in [1.54, 1.807) is 18.2 Å². The molecule has 2 saturated carbocycles. The molecule has 0 aliphatic heterocycles. The Labute approximate surface area is 140 Å². The zero-order valence-electron chi connectivity index (χ0n) is 14.7. The maximum Gasteiger partial charge on any atom is 0.119 e. The summed E-state index contributed by atoms with van der Waals surface area (Å²) in [6.07, 6.45) is 6.90. The average Bonchev–Trinajstić information content (AvgIpc) is 2.50. The van der Waals surface area contributed by atoms with E-state index in [9.17, 15) is 10.2 Å². The molecule has 1 aromatic rings. The van der Waals surface area contributed by atoms with Crippen molar-refractivity contribution in [2.75, 3.05) is 0 Å². The van der Waals surface area contributed by atoms with Crippen LogP contribution in [0.1, 0.15) is 58.4 Å². The lowest BCUT2D eigenvalue weighted by atomic mass is 9.46. The number of aromatic hydroxyl groups is 2. The quantitative estimate of drug-likeness (QED) is 0.564. The Morgan fingerprint density at radius 3 is 2.70 bits per heavy atom. The second-order valence-corrected chi connectivity index (χ2v) is 8.40. The molecule has 2 nitrogen and oxygen atoms in total. The molecule has 2 heteroatoms. The van der Waals surface area contributed by atoms with E-state index < -0.39 is 0 Å². The van der Waals surface area contributed by atoms with Crippen LogP contribution in [-0.2, 0) is 6.42 Å². The van der Waals surface area contributed by atoms with Gasteiger partial charge in [-0.15, -0.1) is 0 Å². The van der Waals surface area contributed by atoms with Gasteiger partial charge in [0.25, 0.3) is 0 Å². The normalized spacial score (nSPS) is 37.4. The lowest BCUT2D eigenvalue weighted by Gasteiger charge is -2.58. The molecule has 23 heavy (non-hydrogen) atoms. The van der Waals surface area contributed by atoms with E-state index in [-0.39, 0.29) is 16.6 Å². The highest BCUT2D eigenvalue weighted by Gasteiger charge is 2.53. The predicted molar refractivity (Wildman–Crippen MR) is 94.6 cm³/mol. The van der Waals surface area contributed by atoms with Crippen LogP contribution < -0.4 is 0 Å². The van der Waals surface area contributed by atoms with Crippen molar-refractivity contribution in [1.82, 2.24) is 0 Å². The van der Waals surface area contributed by atoms with E-state index in [1.807, 2.05) is 0 Å². The van der Waals surface area contributed by atoms with Crippen molar-refractivity contribution in [3.8, 4) is 11.5 Å². The van der Waals surface area contributed by atoms with E-state index >= 15 is 0 Å². The van der Waals surface area contributed by atoms with Gasteiger partial charge in [-0.25, -0.2) is 0 Å². The van der Waals surface area contributed by atoms with E-state index in [0.29, 0.717) is 17.6 Å². The third-order valence-electron chi connectivity index (χ3n) is 7.20. The first-order chi connectivity index (χ1) is 10.8. The Morgan fingerprint density at radius 2 is 1.96 bits per heavy atom. The van der Waals surface area contributed by atoms with Gasteiger partial charge in [-0.2, -0.15) is 0 Å². The first kappa shape index (κ1) is 16.4. The minimum Gasteiger partial charge on any atom is -0.508 e. The summed E-state index contributed by atoms with van der Waals surface area (Å²) in [5, 5.41) is 20.1. The molecule has 2 aliphatic rings. The lowest BCUT2D eigenvalue weighted by Crippen LogP contribution is -2.51. The Kier molecular flexibility index (Phi) is 3.98. The number of phenols is 2. The largest absolute Gasteiger partial charge is 0.508 e. The highest BCUT2D eigenvalue weighted by Crippen LogP contribution is 2.62. The minimum absolute atomic E-state index is 0.127. The summed E-state index contributed by atoms with van der Waals surface area (Å²) in [4.78, 5) is 0. The Hall–Kier alpha value is -1.44. The van der Waals surface area contributed by atoms with Crippen LogP contribution in [0.25, 0.3) is 0 Å². The summed E-state index contributed by atoms with van der Waals surface area (Å²) in [5.74, 6) is 1.74. The van der Waals surface area contributed by atoms with Crippen molar-refractivity contribution >= 4 is 0 Å². The van der Waals surface area contributed by atoms with Crippen molar-refractivity contribution < 1.29 is 10.2 Å². The van der Waals surface area contributed by atoms with Gasteiger partial charge in [0, 0.05) is 0 Å². The molecular formula is C21H30O2. The number of rotatable bonds is 2. The van der Waals surface area contributed by atoms with Crippen LogP contribution in [0.5, 0.6) is 11.5 Å². The summed E-state index contributed by atoms with van der Waals surface area (Å²) < 4.78 is 0. The number of allylic oxidation sites excluding steroid dienone is 1. The molecule has 0 radical (unpaired) electrons. The maximum atomic E-state index is 10.2. The van der Waals surface area contributed by atoms with Crippen LogP contribution >= 0.6 is 0 Å². The number of phenolic OH excluding ortho intramolecular Hbond substituents is 2. The highest BCUT2D eigenvalue weighted by molar-refractivity contribution is 5.39. The molecule has 0 heterocycles. The van der Waals surface area contributed by atoms with E-state index in [4.69, 9.17) is 0 Å². The van der Waals surface area contributed by atoms with E-state index in [1.165, 1.54) is 31.3 Å². The van der Waals surface area contributed by atoms with Gasteiger partial charge in [0.1, 0.15) is 11.5 Å². The third-order valence-corrected chi connectivity index (χ3v) is 7.20. The SMILES string of the molecule is C=C1CCC[C@@H]2[C@@](C)(Cc3cc(O)ccc3O)[C@@H](C)CC[C@]12C. The molecule has 3 rings (SSSR count). The van der Waals surface area contributed by atoms with Crippen molar-refractivity contribution in [3.05, 3.63) is 35.9 Å². The first-order valence-electron chi connectivity index (χ1n) is 8.96. The van der Waals surface area contributed by atoms with Crippen LogP contribution in [0.3, 0.4) is 0 Å². The van der Waals surface area contributed by atoms with Gasteiger partial charge in [-0.05, 0) is 85.0 Å². The second-order valence-electron chi connectivity index (χ2n) is 8.40. The molecule has 126 valence electrons. The molecule has 0 amide bonds. The molecule has 0 unspecified atom stereocenters. The Morgan fingerprint density at radius 1 is 1.22 bits per heavy atom. The average molecular weight is 314 g/mol. The zero-order valence-corrected chi connectivity index (χ0v) is 14.7. The molecule has 0 spiro atoms. The van der Waals surface area contributed by atoms with Gasteiger partial charge >= 0.3 is 0 Å². The Balaban J connectivity index is 1.99. The van der Waals surface area contributed by atoms with E-state index in [0.717, 1.165) is 18.4 Å². The van der Waals surface area contributed by atoms with E-state index in [2.05, 4.69) is 27.4 Å². The topological polar surface area (TPSA) is 40.5 Å². The Bertz CT molecular complexity index is 620. The zero-order chi connectivity index (χ0) is 16.8. The van der Waals surface area contributed by atoms with Crippen molar-refractivity contribution in [1.29, 1.82) is 0 Å². The number of benzene rings is 1. The monoisotopic (exact) mass is 314 g/mol. The third kappa shape index (κ3) is 2.56. The standard InChI is InChI=1S/C21H30O2/c1-14-6-5-7-19-20(14,3)11-10-15(2)21(19,4)13-16-12-17(22)8-9-18(16)23/h8-9,12,15,19,22-23H,1,5-7,10-11,13H2,2-4H3/t15-,19-,20+,21-/m0/s1. The lowest BCUT2D eigenvalue weighted by molar-refractivity contribution is -0.0491. The minimum atomic E-state index is 0.127. The van der Waals surface area contributed by atoms with Gasteiger partial charge in [-0.1, -0.05) is 32.9 Å². The number of hydrogen-bond donors (Lipinski definition) is 2. The molecule has 0 bridgehead atoms. The molecular weight excluding hydrogens is 284 g/mol. The van der Waals surface area contributed by atoms with Gasteiger partial charge in [0.05, 0.1) is 0 Å². The van der Waals surface area contributed by atoms with Crippen LogP contribution in [0.2, 0.25) is 0 Å². The van der Waals surface area contributed by atoms with Crippen LogP contribution in [0.15, 0.2) is 30.4 Å². The summed E-state index contributed by atoms with van der Waals surface area (Å²) in [6.45, 7) is 11.6. The van der Waals surface area contributed by atoms with Crippen molar-refractivity contribution in [3.63, 3.8) is 0 Å². The predicted octanol–water partition coefficient (Wildman–Crippen LogP) is 5.44. The second kappa shape index (κ2) is 5.58. The first-order valence-corrected chi connectivity index (χ1v) is 8.96. The molecule has 2 N–H and O–H groups in total. The molecule has 2 aliphatic carbocycles. The van der Waals surface area contributed by atoms with Crippen molar-refractivity contribution in [2.45, 2.75) is 59.3 Å². The molecule has 0 aromatic heterocycles. The smallest absolute Gasteiger partial charge is 0.119 e. The number of fused-ring (bicyclic) bond motifs is 1. The van der Waals surface area contributed by atoms with Gasteiger partial charge in [0.2, 0.25) is 0 Å². The molecule has 4 atom stereocenters. The molecule has 0 saturated heterocycles. The highest BCUT2D eigenvalue weighted by atomic mass is 16.3. The summed E-state index contributed by atoms with van der Waals surface area (Å²) in [6, 6.07) is 4.90. The van der Waals surface area contributed by atoms with Gasteiger partial charge in [0.15, 0.2) is 0 Å². The maximum absolute atomic E-state index is 10.2. The summed E-state index contributed by atoms with van der Waals surface area (Å²) in [7, 11) is 0. The summed E-state index contributed by atoms with van der Waals surface area (Å²) in [5.41, 5.74) is 2.65. The molecule has 1 aromatic carbocycles. The fourth-order valence-corrected chi connectivity index (χ4v) is 5.39. The van der Waals surface area contributed by atoms with Crippen LogP contribution in [0, 0.1) is 22.7 Å². The van der Waals surface area contributed by atoms with Crippen LogP contribution in [0.4, 0.5) is 0 Å². The number of hydrogen-bond acceptors (Lipinski definition) is 2. The van der Waals surface area contributed by atoms with Crippen LogP contribution in [-0.4, -0.2) is 10.2 Å². The van der Waals surface area contributed by atoms with Gasteiger partial charge in [-0.3, -0.25) is 0 Å². The fraction of sp³-hybridized carbons (Fsp3) is 0.619. The summed E-state index contributed by atoms with van der Waals surface area (Å²) >= 11 is 0. The van der Waals surface area contributed by atoms with Gasteiger partial charge < -0.3 is 10.2 Å². The van der Waals surface area contributed by atoms with Crippen molar-refractivity contribution in [2.24, 2.45) is 22.7 Å². The molecule has 2 fully saturated rings. The fourth-order valence-electron chi connectivity index (χ4n) is 5.39.